The SMILES string of the molecule is CC(C)[N]=[W]([Cl])[Cl]. The zero-order valence-electron chi connectivity index (χ0n) is 4.19. The van der Waals surface area contributed by atoms with Gasteiger partial charge in [-0.1, -0.05) is 0 Å². The van der Waals surface area contributed by atoms with Gasteiger partial charge in [-0.2, -0.15) is 0 Å². The Morgan fingerprint density at radius 2 is 1.86 bits per heavy atom. The van der Waals surface area contributed by atoms with Crippen molar-refractivity contribution >= 4 is 18.8 Å². The van der Waals surface area contributed by atoms with E-state index in [0.29, 0.717) is 6.04 Å². The first-order valence-electron chi connectivity index (χ1n) is 1.90. The second-order valence-electron chi connectivity index (χ2n) is 1.40. The van der Waals surface area contributed by atoms with Crippen molar-refractivity contribution < 1.29 is 15.0 Å². The first-order valence-corrected chi connectivity index (χ1v) is 10.5. The molecule has 0 amide bonds. The maximum absolute atomic E-state index is 5.47. The van der Waals surface area contributed by atoms with Gasteiger partial charge in [0.1, 0.15) is 0 Å². The molecule has 0 bridgehead atoms. The van der Waals surface area contributed by atoms with Gasteiger partial charge < -0.3 is 0 Å². The van der Waals surface area contributed by atoms with Gasteiger partial charge in [-0.3, -0.25) is 0 Å². The predicted octanol–water partition coefficient (Wildman–Crippen LogP) is 2.50. The first kappa shape index (κ1) is 8.07. The van der Waals surface area contributed by atoms with Gasteiger partial charge in [0.05, 0.1) is 0 Å². The van der Waals surface area contributed by atoms with Crippen LogP contribution in [0, 0.1) is 0 Å². The van der Waals surface area contributed by atoms with Gasteiger partial charge in [0.2, 0.25) is 0 Å². The van der Waals surface area contributed by atoms with Crippen LogP contribution >= 0.6 is 18.8 Å². The molecule has 0 aliphatic heterocycles. The van der Waals surface area contributed by atoms with Crippen molar-refractivity contribution in [1.29, 1.82) is 0 Å². The van der Waals surface area contributed by atoms with Crippen molar-refractivity contribution in [2.45, 2.75) is 19.9 Å². The fourth-order valence-corrected chi connectivity index (χ4v) is 3.91. The van der Waals surface area contributed by atoms with Gasteiger partial charge in [-0.15, -0.1) is 0 Å². The van der Waals surface area contributed by atoms with Crippen molar-refractivity contribution in [3.63, 3.8) is 0 Å². The fourth-order valence-electron chi connectivity index (χ4n) is 0.159. The summed E-state index contributed by atoms with van der Waals surface area (Å²) in [4.78, 5) is 0. The minimum atomic E-state index is -2.10. The molecule has 0 N–H and O–H groups in total. The third-order valence-corrected chi connectivity index (χ3v) is 3.68. The van der Waals surface area contributed by atoms with Crippen molar-refractivity contribution in [2.75, 3.05) is 0 Å². The fraction of sp³-hybridized carbons (Fsp3) is 1.00. The molecule has 0 aromatic rings. The van der Waals surface area contributed by atoms with Gasteiger partial charge in [0.25, 0.3) is 0 Å². The van der Waals surface area contributed by atoms with E-state index in [-0.39, 0.29) is 0 Å². The summed E-state index contributed by atoms with van der Waals surface area (Å²) in [6, 6.07) is 0.323. The molecule has 0 aromatic carbocycles. The minimum absolute atomic E-state index is 0.323. The van der Waals surface area contributed by atoms with Crippen LogP contribution in [0.1, 0.15) is 13.8 Å². The molecule has 0 radical (unpaired) electrons. The molecule has 0 unspecified atom stereocenters. The molecule has 7 heavy (non-hydrogen) atoms. The molecule has 0 aliphatic rings. The summed E-state index contributed by atoms with van der Waals surface area (Å²) in [5, 5.41) is 0. The summed E-state index contributed by atoms with van der Waals surface area (Å²) in [5.74, 6) is 0. The van der Waals surface area contributed by atoms with Crippen LogP contribution in [-0.2, 0) is 15.0 Å². The molecular weight excluding hydrogens is 305 g/mol. The molecule has 44 valence electrons. The zero-order valence-corrected chi connectivity index (χ0v) is 8.63. The second-order valence-corrected chi connectivity index (χ2v) is 9.64. The van der Waals surface area contributed by atoms with Crippen LogP contribution in [0.25, 0.3) is 0 Å². The van der Waals surface area contributed by atoms with Gasteiger partial charge in [0.15, 0.2) is 0 Å². The van der Waals surface area contributed by atoms with Gasteiger partial charge in [-0.25, -0.2) is 0 Å². The third-order valence-electron chi connectivity index (χ3n) is 0.291. The Morgan fingerprint density at radius 1 is 1.43 bits per heavy atom. The summed E-state index contributed by atoms with van der Waals surface area (Å²) in [6.07, 6.45) is 0. The molecule has 0 saturated heterocycles. The van der Waals surface area contributed by atoms with Crippen molar-refractivity contribution in [3.05, 3.63) is 0 Å². The number of halogens is 2. The number of rotatable bonds is 1. The summed E-state index contributed by atoms with van der Waals surface area (Å²) in [6.45, 7) is 3.95. The van der Waals surface area contributed by atoms with E-state index in [1.807, 2.05) is 13.8 Å². The Balaban J connectivity index is 3.45. The Labute approximate surface area is 57.3 Å². The molecule has 0 atom stereocenters. The predicted molar refractivity (Wildman–Crippen MR) is 29.3 cm³/mol. The average molecular weight is 312 g/mol. The molecule has 0 aromatic heterocycles. The molecular formula is C3H7Cl2NW. The molecule has 0 heterocycles. The first-order chi connectivity index (χ1) is 3.13. The van der Waals surface area contributed by atoms with E-state index in [4.69, 9.17) is 18.8 Å². The van der Waals surface area contributed by atoms with Crippen LogP contribution in [0.5, 0.6) is 0 Å². The Hall–Kier alpha value is 1.07. The second kappa shape index (κ2) is 4.00. The Kier molecular flexibility index (Phi) is 4.61. The van der Waals surface area contributed by atoms with Crippen molar-refractivity contribution in [2.24, 2.45) is 3.50 Å². The molecule has 0 fully saturated rings. The van der Waals surface area contributed by atoms with E-state index in [2.05, 4.69) is 3.50 Å². The van der Waals surface area contributed by atoms with Crippen molar-refractivity contribution in [3.8, 4) is 0 Å². The summed E-state index contributed by atoms with van der Waals surface area (Å²) >= 11 is -2.10. The van der Waals surface area contributed by atoms with Crippen LogP contribution in [-0.4, -0.2) is 6.04 Å². The van der Waals surface area contributed by atoms with E-state index in [1.165, 1.54) is 0 Å². The average Bonchev–Trinajstić information content (AvgIpc) is 1.27. The molecule has 1 nitrogen and oxygen atoms in total. The number of nitrogens with zero attached hydrogens (tertiary/aromatic N) is 1. The van der Waals surface area contributed by atoms with Crippen LogP contribution in [0.3, 0.4) is 0 Å². The third kappa shape index (κ3) is 7.07. The van der Waals surface area contributed by atoms with Crippen LogP contribution in [0.15, 0.2) is 3.50 Å². The van der Waals surface area contributed by atoms with Crippen LogP contribution in [0.4, 0.5) is 0 Å². The Morgan fingerprint density at radius 3 is 1.86 bits per heavy atom. The monoisotopic (exact) mass is 311 g/mol. The van der Waals surface area contributed by atoms with Crippen LogP contribution < -0.4 is 0 Å². The topological polar surface area (TPSA) is 12.4 Å². The van der Waals surface area contributed by atoms with Crippen molar-refractivity contribution in [1.82, 2.24) is 0 Å². The molecule has 0 rings (SSSR count). The standard InChI is InChI=1S/C3H7N.2ClH.W/c1-3(2)4;;;/h3H,1-2H3;2*1H;/q;;;+2/p-2. The molecule has 0 saturated carbocycles. The normalized spacial score (nSPS) is 10.6. The maximum atomic E-state index is 5.47. The van der Waals surface area contributed by atoms with Gasteiger partial charge in [0, 0.05) is 0 Å². The zero-order chi connectivity index (χ0) is 5.86. The summed E-state index contributed by atoms with van der Waals surface area (Å²) < 4.78 is 4.00. The van der Waals surface area contributed by atoms with E-state index in [0.717, 1.165) is 0 Å². The summed E-state index contributed by atoms with van der Waals surface area (Å²) in [7, 11) is 10.9. The van der Waals surface area contributed by atoms with Gasteiger partial charge >= 0.3 is 57.3 Å². The molecule has 0 aliphatic carbocycles. The Bertz CT molecular complexity index is 77.0. The van der Waals surface area contributed by atoms with Gasteiger partial charge in [-0.05, 0) is 0 Å². The van der Waals surface area contributed by atoms with E-state index < -0.39 is 15.0 Å². The molecule has 4 heteroatoms. The quantitative estimate of drug-likeness (QED) is 0.705. The molecule has 0 spiro atoms. The number of hydrogen-bond donors (Lipinski definition) is 0. The van der Waals surface area contributed by atoms with E-state index >= 15 is 0 Å². The van der Waals surface area contributed by atoms with E-state index in [1.54, 1.807) is 0 Å². The van der Waals surface area contributed by atoms with E-state index in [9.17, 15) is 0 Å². The van der Waals surface area contributed by atoms with Crippen LogP contribution in [0.2, 0.25) is 0 Å². The number of hydrogen-bond acceptors (Lipinski definition) is 1. The summed E-state index contributed by atoms with van der Waals surface area (Å²) in [5.41, 5.74) is 0.